The quantitative estimate of drug-likeness (QED) is 0.266. The normalized spacial score (nSPS) is 12.2. The molecule has 198 valence electrons. The van der Waals surface area contributed by atoms with Gasteiger partial charge in [-0.3, -0.25) is 14.9 Å². The first-order valence-corrected chi connectivity index (χ1v) is 12.8. The van der Waals surface area contributed by atoms with Gasteiger partial charge >= 0.3 is 6.18 Å². The van der Waals surface area contributed by atoms with E-state index in [9.17, 15) is 22.8 Å². The number of rotatable bonds is 10. The molecule has 7 nitrogen and oxygen atoms in total. The molecule has 0 radical (unpaired) electrons. The largest absolute Gasteiger partial charge is 0.486 e. The fourth-order valence-electron chi connectivity index (χ4n) is 3.78. The monoisotopic (exact) mass is 543 g/mol. The highest BCUT2D eigenvalue weighted by atomic mass is 32.2. The Morgan fingerprint density at radius 2 is 1.71 bits per heavy atom. The first-order chi connectivity index (χ1) is 18.2. The number of aromatic nitrogens is 2. The van der Waals surface area contributed by atoms with Crippen molar-refractivity contribution in [2.45, 2.75) is 24.5 Å². The van der Waals surface area contributed by atoms with Gasteiger partial charge in [-0.2, -0.15) is 24.9 Å². The van der Waals surface area contributed by atoms with Crippen LogP contribution in [-0.4, -0.2) is 33.4 Å². The van der Waals surface area contributed by atoms with Gasteiger partial charge in [-0.15, -0.1) is 0 Å². The lowest BCUT2D eigenvalue weighted by Crippen LogP contribution is -2.32. The first-order valence-electron chi connectivity index (χ1n) is 11.5. The van der Waals surface area contributed by atoms with Crippen molar-refractivity contribution in [3.05, 3.63) is 83.7 Å². The number of alkyl halides is 3. The van der Waals surface area contributed by atoms with E-state index >= 15 is 0 Å². The molecule has 2 amide bonds. The van der Waals surface area contributed by atoms with E-state index in [1.807, 2.05) is 42.1 Å². The Balaban J connectivity index is 1.40. The molecule has 1 aromatic heterocycles. The van der Waals surface area contributed by atoms with Crippen LogP contribution in [0.5, 0.6) is 17.2 Å². The molecule has 11 heteroatoms. The standard InChI is InChI=1S/C27H24F3N3O4S/c1-33-23-14-21(37-20-9-5-18(6-10-20)27(28,29)30)11-12-22(23)32-25(33)15-36-19-7-3-17(4-8-19)13-24(38-2)26(35)31-16-34/h3-12,14,16,24H,13,15H2,1-2H3,(H,31,34,35). The maximum atomic E-state index is 12.8. The molecule has 3 aromatic carbocycles. The Kier molecular flexibility index (Phi) is 8.26. The zero-order valence-electron chi connectivity index (χ0n) is 20.5. The Morgan fingerprint density at radius 1 is 1.05 bits per heavy atom. The lowest BCUT2D eigenvalue weighted by atomic mass is 10.1. The van der Waals surface area contributed by atoms with Crippen LogP contribution >= 0.6 is 11.8 Å². The summed E-state index contributed by atoms with van der Waals surface area (Å²) in [5, 5.41) is 1.81. The van der Waals surface area contributed by atoms with E-state index in [1.54, 1.807) is 18.2 Å². The molecule has 0 spiro atoms. The fraction of sp³-hybridized carbons (Fsp3) is 0.222. The van der Waals surface area contributed by atoms with Crippen LogP contribution in [-0.2, 0) is 35.8 Å². The van der Waals surface area contributed by atoms with Crippen LogP contribution in [0, 0.1) is 0 Å². The number of carbonyl (C=O) groups is 2. The Labute approximate surface area is 221 Å². The van der Waals surface area contributed by atoms with Crippen molar-refractivity contribution in [1.29, 1.82) is 0 Å². The van der Waals surface area contributed by atoms with Crippen molar-refractivity contribution in [2.75, 3.05) is 6.26 Å². The van der Waals surface area contributed by atoms with Crippen molar-refractivity contribution in [3.63, 3.8) is 0 Å². The number of benzene rings is 3. The number of fused-ring (bicyclic) bond motifs is 1. The average Bonchev–Trinajstić information content (AvgIpc) is 3.21. The Bertz CT molecular complexity index is 1420. The van der Waals surface area contributed by atoms with Crippen molar-refractivity contribution < 1.29 is 32.2 Å². The molecule has 0 aliphatic rings. The van der Waals surface area contributed by atoms with Crippen LogP contribution in [0.1, 0.15) is 17.0 Å². The third-order valence-electron chi connectivity index (χ3n) is 5.85. The third-order valence-corrected chi connectivity index (χ3v) is 6.80. The summed E-state index contributed by atoms with van der Waals surface area (Å²) >= 11 is 1.37. The zero-order chi connectivity index (χ0) is 27.3. The van der Waals surface area contributed by atoms with E-state index in [4.69, 9.17) is 9.47 Å². The second kappa shape index (κ2) is 11.6. The number of thioether (sulfide) groups is 1. The summed E-state index contributed by atoms with van der Waals surface area (Å²) in [5.74, 6) is 1.73. The molecular weight excluding hydrogens is 519 g/mol. The number of ether oxygens (including phenoxy) is 2. The van der Waals surface area contributed by atoms with Crippen LogP contribution < -0.4 is 14.8 Å². The predicted octanol–water partition coefficient (Wildman–Crippen LogP) is 5.51. The lowest BCUT2D eigenvalue weighted by Gasteiger charge is -2.13. The topological polar surface area (TPSA) is 82.4 Å². The van der Waals surface area contributed by atoms with Crippen LogP contribution in [0.25, 0.3) is 11.0 Å². The summed E-state index contributed by atoms with van der Waals surface area (Å²) in [6.45, 7) is 0.203. The van der Waals surface area contributed by atoms with Gasteiger partial charge in [0.25, 0.3) is 0 Å². The van der Waals surface area contributed by atoms with Gasteiger partial charge in [0.1, 0.15) is 29.7 Å². The van der Waals surface area contributed by atoms with E-state index in [0.717, 1.165) is 28.7 Å². The highest BCUT2D eigenvalue weighted by Crippen LogP contribution is 2.32. The number of hydrogen-bond acceptors (Lipinski definition) is 6. The molecule has 38 heavy (non-hydrogen) atoms. The Hall–Kier alpha value is -3.99. The number of imidazole rings is 1. The maximum Gasteiger partial charge on any atom is 0.416 e. The minimum absolute atomic E-state index is 0.203. The second-order valence-corrected chi connectivity index (χ2v) is 9.39. The number of nitrogens with one attached hydrogen (secondary N) is 1. The van der Waals surface area contributed by atoms with Crippen LogP contribution in [0.2, 0.25) is 0 Å². The van der Waals surface area contributed by atoms with E-state index in [-0.39, 0.29) is 17.8 Å². The van der Waals surface area contributed by atoms with E-state index < -0.39 is 11.7 Å². The first kappa shape index (κ1) is 27.1. The molecule has 1 atom stereocenters. The molecule has 0 aliphatic carbocycles. The summed E-state index contributed by atoms with van der Waals surface area (Å²) in [4.78, 5) is 27.1. The maximum absolute atomic E-state index is 12.8. The summed E-state index contributed by atoms with van der Waals surface area (Å²) in [6, 6.07) is 17.1. The predicted molar refractivity (Wildman–Crippen MR) is 138 cm³/mol. The van der Waals surface area contributed by atoms with Gasteiger partial charge in [-0.05, 0) is 66.8 Å². The molecule has 0 fully saturated rings. The molecule has 0 saturated heterocycles. The minimum Gasteiger partial charge on any atom is -0.486 e. The van der Waals surface area contributed by atoms with Crippen LogP contribution in [0.3, 0.4) is 0 Å². The summed E-state index contributed by atoms with van der Waals surface area (Å²) in [7, 11) is 1.84. The zero-order valence-corrected chi connectivity index (χ0v) is 21.3. The van der Waals surface area contributed by atoms with Crippen molar-refractivity contribution in [3.8, 4) is 17.2 Å². The summed E-state index contributed by atoms with van der Waals surface area (Å²) in [6.07, 6.45) is -1.73. The average molecular weight is 544 g/mol. The second-order valence-electron chi connectivity index (χ2n) is 8.35. The molecule has 4 rings (SSSR count). The van der Waals surface area contributed by atoms with Gasteiger partial charge in [-0.25, -0.2) is 4.98 Å². The van der Waals surface area contributed by atoms with Gasteiger partial charge in [0, 0.05) is 13.1 Å². The van der Waals surface area contributed by atoms with Crippen molar-refractivity contribution >= 4 is 35.1 Å². The van der Waals surface area contributed by atoms with Gasteiger partial charge in [0.05, 0.1) is 21.8 Å². The van der Waals surface area contributed by atoms with Gasteiger partial charge in [-0.1, -0.05) is 12.1 Å². The van der Waals surface area contributed by atoms with E-state index in [1.165, 1.54) is 23.9 Å². The molecule has 1 unspecified atom stereocenters. The number of nitrogens with zero attached hydrogens (tertiary/aromatic N) is 2. The third kappa shape index (κ3) is 6.46. The molecular formula is C27H24F3N3O4S. The van der Waals surface area contributed by atoms with Crippen molar-refractivity contribution in [2.24, 2.45) is 7.05 Å². The Morgan fingerprint density at radius 3 is 2.34 bits per heavy atom. The molecule has 0 aliphatic heterocycles. The number of imide groups is 1. The smallest absolute Gasteiger partial charge is 0.416 e. The highest BCUT2D eigenvalue weighted by molar-refractivity contribution is 7.99. The molecule has 1 N–H and O–H groups in total. The van der Waals surface area contributed by atoms with Gasteiger partial charge in [0.2, 0.25) is 12.3 Å². The van der Waals surface area contributed by atoms with Crippen LogP contribution in [0.15, 0.2) is 66.7 Å². The van der Waals surface area contributed by atoms with E-state index in [2.05, 4.69) is 10.3 Å². The van der Waals surface area contributed by atoms with Crippen molar-refractivity contribution in [1.82, 2.24) is 14.9 Å². The number of amides is 2. The summed E-state index contributed by atoms with van der Waals surface area (Å²) in [5.41, 5.74) is 1.69. The van der Waals surface area contributed by atoms with Gasteiger partial charge < -0.3 is 14.0 Å². The van der Waals surface area contributed by atoms with Gasteiger partial charge in [0.15, 0.2) is 0 Å². The SMILES string of the molecule is CSC(Cc1ccc(OCc2nc3ccc(Oc4ccc(C(F)(F)F)cc4)cc3n2C)cc1)C(=O)NC=O. The summed E-state index contributed by atoms with van der Waals surface area (Å²) < 4.78 is 51.8. The number of halogens is 3. The van der Waals surface area contributed by atoms with Crippen LogP contribution in [0.4, 0.5) is 13.2 Å². The number of aryl methyl sites for hydroxylation is 1. The molecule has 0 saturated carbocycles. The molecule has 4 aromatic rings. The fourth-order valence-corrected chi connectivity index (χ4v) is 4.42. The van der Waals surface area contributed by atoms with E-state index in [0.29, 0.717) is 35.9 Å². The molecule has 0 bridgehead atoms. The number of hydrogen-bond donors (Lipinski definition) is 1. The number of carbonyl (C=O) groups excluding carboxylic acids is 2. The lowest BCUT2D eigenvalue weighted by molar-refractivity contribution is -0.137. The molecule has 1 heterocycles. The minimum atomic E-state index is -4.40. The highest BCUT2D eigenvalue weighted by Gasteiger charge is 2.30.